The number of aliphatic hydroxyl groups is 1. The van der Waals surface area contributed by atoms with Gasteiger partial charge in [-0.15, -0.1) is 0 Å². The standard InChI is InChI=1S/C13H13F3N2O2/c1-2-10-8(7-19)12(20)18(17-10)11-6-4-3-5-9(11)13(14,15)16/h3-6,17,19H,2,7H2,1H3. The number of aryl methyl sites for hydroxylation is 1. The van der Waals surface area contributed by atoms with Crippen LogP contribution >= 0.6 is 0 Å². The summed E-state index contributed by atoms with van der Waals surface area (Å²) in [5.41, 5.74) is -1.34. The number of nitrogens with one attached hydrogen (secondary N) is 1. The van der Waals surface area contributed by atoms with Crippen LogP contribution in [0.3, 0.4) is 0 Å². The molecule has 2 aromatic rings. The number of alkyl halides is 3. The van der Waals surface area contributed by atoms with E-state index in [-0.39, 0.29) is 11.3 Å². The first-order chi connectivity index (χ1) is 9.40. The Labute approximate surface area is 112 Å². The van der Waals surface area contributed by atoms with Gasteiger partial charge in [-0.05, 0) is 18.6 Å². The van der Waals surface area contributed by atoms with E-state index in [1.54, 1.807) is 6.92 Å². The molecule has 0 aliphatic rings. The van der Waals surface area contributed by atoms with Crippen LogP contribution in [0.25, 0.3) is 5.69 Å². The number of para-hydroxylation sites is 1. The number of rotatable bonds is 3. The van der Waals surface area contributed by atoms with E-state index in [4.69, 9.17) is 5.11 Å². The molecule has 0 fully saturated rings. The SMILES string of the molecule is CCc1[nH]n(-c2ccccc2C(F)(F)F)c(=O)c1CO. The number of aliphatic hydroxyl groups excluding tert-OH is 1. The average molecular weight is 286 g/mol. The molecule has 0 bridgehead atoms. The third-order valence-corrected chi connectivity index (χ3v) is 3.03. The average Bonchev–Trinajstić information content (AvgIpc) is 2.74. The molecule has 0 amide bonds. The number of aromatic amines is 1. The van der Waals surface area contributed by atoms with E-state index in [0.29, 0.717) is 12.1 Å². The van der Waals surface area contributed by atoms with E-state index in [9.17, 15) is 18.0 Å². The smallest absolute Gasteiger partial charge is 0.391 e. The van der Waals surface area contributed by atoms with Gasteiger partial charge < -0.3 is 5.11 Å². The van der Waals surface area contributed by atoms with Gasteiger partial charge in [0.05, 0.1) is 23.4 Å². The van der Waals surface area contributed by atoms with Crippen LogP contribution in [0.2, 0.25) is 0 Å². The van der Waals surface area contributed by atoms with E-state index >= 15 is 0 Å². The molecule has 7 heteroatoms. The summed E-state index contributed by atoms with van der Waals surface area (Å²) < 4.78 is 39.7. The molecule has 20 heavy (non-hydrogen) atoms. The Hall–Kier alpha value is -2.02. The fourth-order valence-electron chi connectivity index (χ4n) is 2.05. The van der Waals surface area contributed by atoms with Gasteiger partial charge in [0, 0.05) is 5.69 Å². The van der Waals surface area contributed by atoms with Crippen LogP contribution in [-0.2, 0) is 19.2 Å². The predicted molar refractivity (Wildman–Crippen MR) is 66.7 cm³/mol. The summed E-state index contributed by atoms with van der Waals surface area (Å²) in [4.78, 5) is 12.1. The molecule has 0 radical (unpaired) electrons. The molecule has 0 spiro atoms. The first-order valence-electron chi connectivity index (χ1n) is 6.00. The molecule has 0 atom stereocenters. The van der Waals surface area contributed by atoms with Crippen LogP contribution < -0.4 is 5.56 Å². The van der Waals surface area contributed by atoms with Crippen LogP contribution in [0.15, 0.2) is 29.1 Å². The molecule has 1 aromatic carbocycles. The molecule has 0 saturated heterocycles. The summed E-state index contributed by atoms with van der Waals surface area (Å²) in [6.45, 7) is 1.23. The lowest BCUT2D eigenvalue weighted by molar-refractivity contribution is -0.137. The molecular weight excluding hydrogens is 273 g/mol. The fraction of sp³-hybridized carbons (Fsp3) is 0.308. The Morgan fingerprint density at radius 2 is 1.95 bits per heavy atom. The molecule has 2 N–H and O–H groups in total. The first-order valence-corrected chi connectivity index (χ1v) is 6.00. The molecule has 1 aromatic heterocycles. The summed E-state index contributed by atoms with van der Waals surface area (Å²) in [5, 5.41) is 11.8. The summed E-state index contributed by atoms with van der Waals surface area (Å²) in [6.07, 6.45) is -4.15. The number of aromatic nitrogens is 2. The van der Waals surface area contributed by atoms with Gasteiger partial charge in [-0.25, -0.2) is 4.68 Å². The number of nitrogens with zero attached hydrogens (tertiary/aromatic N) is 1. The maximum absolute atomic E-state index is 13.0. The molecular formula is C13H13F3N2O2. The zero-order valence-corrected chi connectivity index (χ0v) is 10.7. The van der Waals surface area contributed by atoms with Crippen molar-refractivity contribution in [2.45, 2.75) is 26.1 Å². The molecule has 108 valence electrons. The lowest BCUT2D eigenvalue weighted by Gasteiger charge is -2.12. The van der Waals surface area contributed by atoms with Gasteiger partial charge in [0.15, 0.2) is 0 Å². The highest BCUT2D eigenvalue weighted by Crippen LogP contribution is 2.33. The largest absolute Gasteiger partial charge is 0.418 e. The zero-order valence-electron chi connectivity index (χ0n) is 10.7. The normalized spacial score (nSPS) is 11.8. The Morgan fingerprint density at radius 3 is 2.45 bits per heavy atom. The highest BCUT2D eigenvalue weighted by molar-refractivity contribution is 5.43. The molecule has 0 aliphatic carbocycles. The minimum atomic E-state index is -4.56. The molecule has 4 nitrogen and oxygen atoms in total. The van der Waals surface area contributed by atoms with E-state index in [1.807, 2.05) is 0 Å². The predicted octanol–water partition coefficient (Wildman–Crippen LogP) is 2.24. The maximum Gasteiger partial charge on any atom is 0.418 e. The fourth-order valence-corrected chi connectivity index (χ4v) is 2.05. The number of halogens is 3. The Kier molecular flexibility index (Phi) is 3.71. The lowest BCUT2D eigenvalue weighted by atomic mass is 10.1. The Bertz CT molecular complexity index is 671. The quantitative estimate of drug-likeness (QED) is 0.909. The highest BCUT2D eigenvalue weighted by Gasteiger charge is 2.34. The van der Waals surface area contributed by atoms with Gasteiger partial charge in [-0.1, -0.05) is 19.1 Å². The second-order valence-electron chi connectivity index (χ2n) is 4.24. The minimum absolute atomic E-state index is 0.0875. The molecule has 0 unspecified atom stereocenters. The topological polar surface area (TPSA) is 58.0 Å². The molecule has 0 saturated carbocycles. The second-order valence-corrected chi connectivity index (χ2v) is 4.24. The van der Waals surface area contributed by atoms with E-state index in [2.05, 4.69) is 5.10 Å². The van der Waals surface area contributed by atoms with Gasteiger partial charge in [0.2, 0.25) is 0 Å². The summed E-state index contributed by atoms with van der Waals surface area (Å²) in [6, 6.07) is 4.80. The van der Waals surface area contributed by atoms with Crippen molar-refractivity contribution in [3.05, 3.63) is 51.4 Å². The molecule has 2 rings (SSSR count). The number of benzene rings is 1. The minimum Gasteiger partial charge on any atom is -0.391 e. The third kappa shape index (κ3) is 2.36. The Morgan fingerprint density at radius 1 is 1.30 bits per heavy atom. The van der Waals surface area contributed by atoms with Crippen molar-refractivity contribution in [1.82, 2.24) is 9.78 Å². The van der Waals surface area contributed by atoms with Crippen molar-refractivity contribution in [3.8, 4) is 5.69 Å². The maximum atomic E-state index is 13.0. The number of H-pyrrole nitrogens is 1. The molecule has 1 heterocycles. The van der Waals surface area contributed by atoms with Crippen molar-refractivity contribution in [3.63, 3.8) is 0 Å². The van der Waals surface area contributed by atoms with E-state index in [1.165, 1.54) is 18.2 Å². The third-order valence-electron chi connectivity index (χ3n) is 3.03. The van der Waals surface area contributed by atoms with Crippen LogP contribution in [0.1, 0.15) is 23.7 Å². The number of hydrogen-bond donors (Lipinski definition) is 2. The van der Waals surface area contributed by atoms with E-state index in [0.717, 1.165) is 10.7 Å². The van der Waals surface area contributed by atoms with Gasteiger partial charge in [0.1, 0.15) is 0 Å². The van der Waals surface area contributed by atoms with Crippen molar-refractivity contribution in [1.29, 1.82) is 0 Å². The number of hydrogen-bond acceptors (Lipinski definition) is 2. The van der Waals surface area contributed by atoms with Crippen LogP contribution in [0.5, 0.6) is 0 Å². The Balaban J connectivity index is 2.70. The van der Waals surface area contributed by atoms with E-state index < -0.39 is 23.9 Å². The van der Waals surface area contributed by atoms with Crippen LogP contribution in [0, 0.1) is 0 Å². The van der Waals surface area contributed by atoms with Gasteiger partial charge in [0.25, 0.3) is 5.56 Å². The second kappa shape index (κ2) is 5.16. The van der Waals surface area contributed by atoms with Crippen LogP contribution in [-0.4, -0.2) is 14.9 Å². The van der Waals surface area contributed by atoms with Crippen molar-refractivity contribution in [2.75, 3.05) is 0 Å². The monoisotopic (exact) mass is 286 g/mol. The van der Waals surface area contributed by atoms with Gasteiger partial charge in [-0.3, -0.25) is 9.89 Å². The van der Waals surface area contributed by atoms with Crippen molar-refractivity contribution >= 4 is 0 Å². The first kappa shape index (κ1) is 14.4. The van der Waals surface area contributed by atoms with Gasteiger partial charge >= 0.3 is 6.18 Å². The van der Waals surface area contributed by atoms with Crippen molar-refractivity contribution in [2.24, 2.45) is 0 Å². The van der Waals surface area contributed by atoms with Crippen molar-refractivity contribution < 1.29 is 18.3 Å². The van der Waals surface area contributed by atoms with Crippen LogP contribution in [0.4, 0.5) is 13.2 Å². The highest BCUT2D eigenvalue weighted by atomic mass is 19.4. The zero-order chi connectivity index (χ0) is 14.9. The summed E-state index contributed by atoms with van der Waals surface area (Å²) >= 11 is 0. The summed E-state index contributed by atoms with van der Waals surface area (Å²) in [5.74, 6) is 0. The van der Waals surface area contributed by atoms with Gasteiger partial charge in [-0.2, -0.15) is 13.2 Å². The summed E-state index contributed by atoms with van der Waals surface area (Å²) in [7, 11) is 0. The molecule has 0 aliphatic heterocycles. The lowest BCUT2D eigenvalue weighted by Crippen LogP contribution is -2.21.